The molecular formula is C27H34N4O5S3. The monoisotopic (exact) mass is 590 g/mol. The van der Waals surface area contributed by atoms with E-state index in [9.17, 15) is 21.6 Å². The highest BCUT2D eigenvalue weighted by molar-refractivity contribution is 7.91. The van der Waals surface area contributed by atoms with Crippen molar-refractivity contribution in [2.45, 2.75) is 54.9 Å². The molecule has 1 amide bonds. The zero-order valence-corrected chi connectivity index (χ0v) is 24.7. The third kappa shape index (κ3) is 5.70. The minimum absolute atomic E-state index is 0.0414. The van der Waals surface area contributed by atoms with Crippen molar-refractivity contribution in [3.63, 3.8) is 0 Å². The van der Waals surface area contributed by atoms with E-state index in [0.29, 0.717) is 43.8 Å². The summed E-state index contributed by atoms with van der Waals surface area (Å²) in [6, 6.07) is 11.5. The zero-order valence-electron chi connectivity index (χ0n) is 22.2. The van der Waals surface area contributed by atoms with Gasteiger partial charge in [-0.05, 0) is 49.2 Å². The number of carbonyl (C=O) groups excluding carboxylic acids is 1. The lowest BCUT2D eigenvalue weighted by atomic mass is 9.95. The number of fused-ring (bicyclic) bond motifs is 1. The van der Waals surface area contributed by atoms with Gasteiger partial charge in [0.1, 0.15) is 5.52 Å². The number of anilines is 1. The predicted molar refractivity (Wildman–Crippen MR) is 154 cm³/mol. The van der Waals surface area contributed by atoms with Crippen LogP contribution in [0.4, 0.5) is 5.13 Å². The molecule has 0 unspecified atom stereocenters. The topological polar surface area (TPSA) is 108 Å². The quantitative estimate of drug-likeness (QED) is 0.409. The van der Waals surface area contributed by atoms with Crippen LogP contribution in [0.25, 0.3) is 10.2 Å². The van der Waals surface area contributed by atoms with Gasteiger partial charge in [0, 0.05) is 50.6 Å². The normalized spacial score (nSPS) is 17.7. The van der Waals surface area contributed by atoms with Gasteiger partial charge in [-0.1, -0.05) is 43.6 Å². The number of sulfone groups is 1. The van der Waals surface area contributed by atoms with Gasteiger partial charge in [0.2, 0.25) is 10.0 Å². The molecule has 1 saturated carbocycles. The number of carbonyl (C=O) groups is 1. The first-order chi connectivity index (χ1) is 18.6. The number of nitrogens with zero attached hydrogens (tertiary/aromatic N) is 4. The fourth-order valence-electron chi connectivity index (χ4n) is 5.53. The largest absolute Gasteiger partial charge is 0.345 e. The number of amides is 1. The van der Waals surface area contributed by atoms with Crippen LogP contribution in [0.1, 0.15) is 49.4 Å². The summed E-state index contributed by atoms with van der Waals surface area (Å²) >= 11 is 1.44. The summed E-state index contributed by atoms with van der Waals surface area (Å²) in [6.07, 6.45) is 6.24. The molecule has 1 aliphatic heterocycles. The van der Waals surface area contributed by atoms with Crippen LogP contribution in [-0.2, 0) is 19.9 Å². The third-order valence-electron chi connectivity index (χ3n) is 7.61. The number of hydrogen-bond acceptors (Lipinski definition) is 8. The molecule has 0 spiro atoms. The number of piperazine rings is 1. The Kier molecular flexibility index (Phi) is 8.01. The van der Waals surface area contributed by atoms with Crippen molar-refractivity contribution in [1.29, 1.82) is 0 Å². The van der Waals surface area contributed by atoms with E-state index in [1.807, 2.05) is 13.0 Å². The molecule has 2 aliphatic rings. The Balaban J connectivity index is 1.25. The van der Waals surface area contributed by atoms with Crippen LogP contribution < -0.4 is 4.90 Å². The summed E-state index contributed by atoms with van der Waals surface area (Å²) in [5.74, 6) is -0.137. The minimum atomic E-state index is -3.62. The van der Waals surface area contributed by atoms with Crippen LogP contribution in [-0.4, -0.2) is 82.0 Å². The van der Waals surface area contributed by atoms with Gasteiger partial charge in [0.25, 0.3) is 5.91 Å². The van der Waals surface area contributed by atoms with E-state index in [-0.39, 0.29) is 21.7 Å². The van der Waals surface area contributed by atoms with E-state index >= 15 is 0 Å². The molecule has 9 nitrogen and oxygen atoms in total. The van der Waals surface area contributed by atoms with Gasteiger partial charge in [-0.25, -0.2) is 21.8 Å². The molecule has 0 radical (unpaired) electrons. The van der Waals surface area contributed by atoms with Gasteiger partial charge < -0.3 is 9.80 Å². The highest BCUT2D eigenvalue weighted by Gasteiger charge is 2.31. The summed E-state index contributed by atoms with van der Waals surface area (Å²) in [6.45, 7) is 4.42. The first-order valence-corrected chi connectivity index (χ1v) is 17.5. The Morgan fingerprint density at radius 3 is 2.26 bits per heavy atom. The Morgan fingerprint density at radius 1 is 0.974 bits per heavy atom. The van der Waals surface area contributed by atoms with Crippen LogP contribution in [0.5, 0.6) is 0 Å². The van der Waals surface area contributed by atoms with E-state index in [2.05, 4.69) is 9.88 Å². The van der Waals surface area contributed by atoms with Crippen molar-refractivity contribution in [1.82, 2.24) is 14.2 Å². The summed E-state index contributed by atoms with van der Waals surface area (Å²) in [7, 11) is -7.01. The molecule has 2 fully saturated rings. The van der Waals surface area contributed by atoms with Gasteiger partial charge in [-0.3, -0.25) is 4.79 Å². The van der Waals surface area contributed by atoms with Crippen LogP contribution >= 0.6 is 11.3 Å². The van der Waals surface area contributed by atoms with Crippen LogP contribution in [0.15, 0.2) is 52.3 Å². The lowest BCUT2D eigenvalue weighted by Crippen LogP contribution is -2.48. The van der Waals surface area contributed by atoms with Crippen molar-refractivity contribution < 1.29 is 21.6 Å². The van der Waals surface area contributed by atoms with Crippen LogP contribution in [0, 0.1) is 0 Å². The highest BCUT2D eigenvalue weighted by atomic mass is 32.2. The first kappa shape index (κ1) is 28.0. The number of thiazole rings is 1. The maximum Gasteiger partial charge on any atom is 0.253 e. The average Bonchev–Trinajstić information content (AvgIpc) is 3.38. The second kappa shape index (κ2) is 11.1. The van der Waals surface area contributed by atoms with Gasteiger partial charge in [-0.2, -0.15) is 4.31 Å². The Hall–Kier alpha value is -2.54. The molecule has 1 aliphatic carbocycles. The molecule has 210 valence electrons. The molecule has 2 heterocycles. The molecule has 12 heteroatoms. The molecule has 39 heavy (non-hydrogen) atoms. The lowest BCUT2D eigenvalue weighted by molar-refractivity contribution is 0.0746. The van der Waals surface area contributed by atoms with Gasteiger partial charge in [0.15, 0.2) is 15.0 Å². The second-order valence-corrected chi connectivity index (χ2v) is 15.1. The SMILES string of the molecule is CCN(C1CCCCC1)S(=O)(=O)c1ccc(C(=O)N2CCN(c3nc4c(S(C)(=O)=O)cccc4s3)CC2)cc1. The number of hydrogen-bond donors (Lipinski definition) is 0. The van der Waals surface area contributed by atoms with E-state index in [1.54, 1.807) is 45.6 Å². The summed E-state index contributed by atoms with van der Waals surface area (Å²) in [4.78, 5) is 22.1. The number of para-hydroxylation sites is 1. The maximum atomic E-state index is 13.3. The molecule has 3 aromatic rings. The number of benzene rings is 2. The van der Waals surface area contributed by atoms with Crippen LogP contribution in [0.2, 0.25) is 0 Å². The summed E-state index contributed by atoms with van der Waals surface area (Å²) < 4.78 is 53.4. The van der Waals surface area contributed by atoms with E-state index in [1.165, 1.54) is 17.6 Å². The molecule has 1 aromatic heterocycles. The van der Waals surface area contributed by atoms with E-state index in [0.717, 1.165) is 41.9 Å². The fourth-order valence-corrected chi connectivity index (χ4v) is 9.16. The van der Waals surface area contributed by atoms with Gasteiger partial charge in [0.05, 0.1) is 14.5 Å². The van der Waals surface area contributed by atoms with Gasteiger partial charge >= 0.3 is 0 Å². The van der Waals surface area contributed by atoms with Crippen molar-refractivity contribution >= 4 is 52.5 Å². The number of sulfonamides is 1. The van der Waals surface area contributed by atoms with Crippen molar-refractivity contribution in [3.05, 3.63) is 48.0 Å². The molecule has 5 rings (SSSR count). The van der Waals surface area contributed by atoms with Gasteiger partial charge in [-0.15, -0.1) is 0 Å². The van der Waals surface area contributed by atoms with Crippen molar-refractivity contribution in [2.24, 2.45) is 0 Å². The van der Waals surface area contributed by atoms with E-state index in [4.69, 9.17) is 0 Å². The lowest BCUT2D eigenvalue weighted by Gasteiger charge is -2.34. The number of aromatic nitrogens is 1. The molecular weight excluding hydrogens is 557 g/mol. The van der Waals surface area contributed by atoms with Crippen molar-refractivity contribution in [3.8, 4) is 0 Å². The molecule has 2 aromatic carbocycles. The summed E-state index contributed by atoms with van der Waals surface area (Å²) in [5.41, 5.74) is 0.944. The average molecular weight is 591 g/mol. The number of rotatable bonds is 7. The highest BCUT2D eigenvalue weighted by Crippen LogP contribution is 2.33. The Labute approximate surface area is 234 Å². The van der Waals surface area contributed by atoms with Crippen LogP contribution in [0.3, 0.4) is 0 Å². The molecule has 0 N–H and O–H groups in total. The standard InChI is InChI=1S/C27H34N4O5S3/c1-3-31(21-8-5-4-6-9-21)39(35,36)22-14-12-20(13-15-22)26(32)29-16-18-30(19-17-29)27-28-25-23(37-27)10-7-11-24(25)38(2,33)34/h7,10-15,21H,3-6,8-9,16-19H2,1-2H3. The second-order valence-electron chi connectivity index (χ2n) is 10.2. The van der Waals surface area contributed by atoms with Crippen molar-refractivity contribution in [2.75, 3.05) is 43.9 Å². The molecule has 0 atom stereocenters. The Bertz CT molecular complexity index is 1550. The summed E-state index contributed by atoms with van der Waals surface area (Å²) in [5, 5.41) is 0.737. The predicted octanol–water partition coefficient (Wildman–Crippen LogP) is 4.01. The van der Waals surface area contributed by atoms with E-state index < -0.39 is 19.9 Å². The maximum absolute atomic E-state index is 13.3. The zero-order chi connectivity index (χ0) is 27.8. The molecule has 1 saturated heterocycles. The minimum Gasteiger partial charge on any atom is -0.345 e. The smallest absolute Gasteiger partial charge is 0.253 e. The fraction of sp³-hybridized carbons (Fsp3) is 0.481. The Morgan fingerprint density at radius 2 is 1.64 bits per heavy atom. The molecule has 0 bridgehead atoms. The first-order valence-electron chi connectivity index (χ1n) is 13.4. The third-order valence-corrected chi connectivity index (χ3v) is 11.9.